The van der Waals surface area contributed by atoms with Gasteiger partial charge >= 0.3 is 5.97 Å². The van der Waals surface area contributed by atoms with Crippen molar-refractivity contribution >= 4 is 23.4 Å². The monoisotopic (exact) mass is 244 g/mol. The van der Waals surface area contributed by atoms with E-state index >= 15 is 0 Å². The number of benzene rings is 1. The highest BCUT2D eigenvalue weighted by atomic mass is 35.5. The second-order valence-electron chi connectivity index (χ2n) is 3.39. The van der Waals surface area contributed by atoms with Gasteiger partial charge in [-0.15, -0.1) is 11.6 Å². The highest BCUT2D eigenvalue weighted by molar-refractivity contribution is 6.30. The summed E-state index contributed by atoms with van der Waals surface area (Å²) in [6, 6.07) is 3.57. The number of alkyl halides is 1. The molecule has 0 aromatic heterocycles. The minimum atomic E-state index is -1.06. The number of carboxylic acid groups (broad SMARTS) is 1. The normalized spacial score (nSPS) is 12.2. The molecule has 5 heteroatoms. The molecule has 3 nitrogen and oxygen atoms in total. The maximum Gasteiger partial charge on any atom is 0.307 e. The Kier molecular flexibility index (Phi) is 4.01. The summed E-state index contributed by atoms with van der Waals surface area (Å²) < 4.78 is 13.0. The van der Waals surface area contributed by atoms with E-state index in [0.29, 0.717) is 5.56 Å². The molecule has 1 rings (SSSR count). The van der Waals surface area contributed by atoms with Crippen LogP contribution in [-0.2, 0) is 16.0 Å². The summed E-state index contributed by atoms with van der Waals surface area (Å²) in [6.45, 7) is 1.27. The van der Waals surface area contributed by atoms with Gasteiger partial charge in [0.05, 0.1) is 6.42 Å². The van der Waals surface area contributed by atoms with E-state index in [4.69, 9.17) is 16.7 Å². The standard InChI is InChI=1S/C11H10ClFO3/c1-6(14)11(12)9-5-8(13)3-2-7(9)4-10(15)16/h2-3,5,11H,4H2,1H3,(H,15,16). The number of carbonyl (C=O) groups is 2. The molecule has 0 saturated carbocycles. The lowest BCUT2D eigenvalue weighted by atomic mass is 10.00. The van der Waals surface area contributed by atoms with Crippen molar-refractivity contribution in [1.82, 2.24) is 0 Å². The molecule has 1 N–H and O–H groups in total. The number of ketones is 1. The first-order valence-electron chi connectivity index (χ1n) is 4.56. The highest BCUT2D eigenvalue weighted by Crippen LogP contribution is 2.26. The summed E-state index contributed by atoms with van der Waals surface area (Å²) >= 11 is 5.79. The number of carboxylic acids is 1. The van der Waals surface area contributed by atoms with E-state index in [1.165, 1.54) is 13.0 Å². The van der Waals surface area contributed by atoms with E-state index in [1.807, 2.05) is 0 Å². The molecular weight excluding hydrogens is 235 g/mol. The Labute approximate surface area is 96.8 Å². The maximum absolute atomic E-state index is 13.0. The average molecular weight is 245 g/mol. The third kappa shape index (κ3) is 3.03. The van der Waals surface area contributed by atoms with E-state index in [1.54, 1.807) is 0 Å². The van der Waals surface area contributed by atoms with Crippen LogP contribution < -0.4 is 0 Å². The molecule has 16 heavy (non-hydrogen) atoms. The first kappa shape index (κ1) is 12.6. The molecule has 0 amide bonds. The summed E-state index contributed by atoms with van der Waals surface area (Å²) in [6.07, 6.45) is -0.286. The van der Waals surface area contributed by atoms with Crippen LogP contribution in [0.5, 0.6) is 0 Å². The lowest BCUT2D eigenvalue weighted by Crippen LogP contribution is -2.09. The van der Waals surface area contributed by atoms with Gasteiger partial charge in [-0.05, 0) is 30.2 Å². The summed E-state index contributed by atoms with van der Waals surface area (Å²) in [5.41, 5.74) is 0.570. The largest absolute Gasteiger partial charge is 0.481 e. The van der Waals surface area contributed by atoms with Gasteiger partial charge < -0.3 is 5.11 Å². The van der Waals surface area contributed by atoms with Crippen LogP contribution in [0.1, 0.15) is 23.4 Å². The van der Waals surface area contributed by atoms with E-state index in [-0.39, 0.29) is 17.8 Å². The van der Waals surface area contributed by atoms with E-state index in [9.17, 15) is 14.0 Å². The smallest absolute Gasteiger partial charge is 0.307 e. The minimum Gasteiger partial charge on any atom is -0.481 e. The summed E-state index contributed by atoms with van der Waals surface area (Å²) in [4.78, 5) is 21.7. The van der Waals surface area contributed by atoms with Gasteiger partial charge in [-0.2, -0.15) is 0 Å². The molecule has 0 bridgehead atoms. The number of rotatable bonds is 4. The SMILES string of the molecule is CC(=O)C(Cl)c1cc(F)ccc1CC(=O)O. The van der Waals surface area contributed by atoms with Gasteiger partial charge in [0.1, 0.15) is 11.2 Å². The van der Waals surface area contributed by atoms with Gasteiger partial charge in [0.25, 0.3) is 0 Å². The molecule has 0 saturated heterocycles. The predicted molar refractivity (Wildman–Crippen MR) is 57.0 cm³/mol. The Balaban J connectivity index is 3.17. The van der Waals surface area contributed by atoms with Crippen LogP contribution in [0, 0.1) is 5.82 Å². The van der Waals surface area contributed by atoms with Crippen LogP contribution in [0.25, 0.3) is 0 Å². The number of aliphatic carboxylic acids is 1. The zero-order valence-electron chi connectivity index (χ0n) is 8.54. The lowest BCUT2D eigenvalue weighted by molar-refractivity contribution is -0.136. The Morgan fingerprint density at radius 2 is 2.12 bits per heavy atom. The Morgan fingerprint density at radius 3 is 2.62 bits per heavy atom. The summed E-state index contributed by atoms with van der Waals surface area (Å²) in [7, 11) is 0. The van der Waals surface area contributed by atoms with E-state index in [0.717, 1.165) is 12.1 Å². The Bertz CT molecular complexity index is 431. The maximum atomic E-state index is 13.0. The average Bonchev–Trinajstić information content (AvgIpc) is 2.18. The fourth-order valence-corrected chi connectivity index (χ4v) is 1.55. The van der Waals surface area contributed by atoms with Crippen molar-refractivity contribution in [2.75, 3.05) is 0 Å². The minimum absolute atomic E-state index is 0.219. The third-order valence-corrected chi connectivity index (χ3v) is 2.62. The van der Waals surface area contributed by atoms with E-state index < -0.39 is 17.2 Å². The molecular formula is C11H10ClFO3. The molecule has 0 fully saturated rings. The molecule has 0 aliphatic heterocycles. The molecule has 0 spiro atoms. The van der Waals surface area contributed by atoms with Crippen molar-refractivity contribution < 1.29 is 19.1 Å². The molecule has 1 unspecified atom stereocenters. The highest BCUT2D eigenvalue weighted by Gasteiger charge is 2.19. The van der Waals surface area contributed by atoms with Crippen molar-refractivity contribution in [3.05, 3.63) is 35.1 Å². The quantitative estimate of drug-likeness (QED) is 0.827. The number of halogens is 2. The van der Waals surface area contributed by atoms with Crippen molar-refractivity contribution in [2.24, 2.45) is 0 Å². The first-order valence-corrected chi connectivity index (χ1v) is 5.00. The van der Waals surface area contributed by atoms with Crippen molar-refractivity contribution in [2.45, 2.75) is 18.7 Å². The van der Waals surface area contributed by atoms with Crippen LogP contribution in [0.4, 0.5) is 4.39 Å². The van der Waals surface area contributed by atoms with Crippen LogP contribution in [0.2, 0.25) is 0 Å². The molecule has 0 radical (unpaired) electrons. The Morgan fingerprint density at radius 1 is 1.50 bits per heavy atom. The zero-order chi connectivity index (χ0) is 12.3. The van der Waals surface area contributed by atoms with Crippen LogP contribution in [0.3, 0.4) is 0 Å². The Hall–Kier alpha value is -1.42. The number of Topliss-reactive ketones (excluding diaryl/α,β-unsaturated/α-hetero) is 1. The molecule has 86 valence electrons. The second-order valence-corrected chi connectivity index (χ2v) is 3.82. The molecule has 0 aliphatic carbocycles. The number of hydrogen-bond acceptors (Lipinski definition) is 2. The fourth-order valence-electron chi connectivity index (χ4n) is 1.34. The van der Waals surface area contributed by atoms with Gasteiger partial charge in [-0.25, -0.2) is 4.39 Å². The molecule has 1 atom stereocenters. The summed E-state index contributed by atoms with van der Waals surface area (Å²) in [5, 5.41) is 7.65. The van der Waals surface area contributed by atoms with Gasteiger partial charge in [0.15, 0.2) is 5.78 Å². The van der Waals surface area contributed by atoms with Gasteiger partial charge in [-0.3, -0.25) is 9.59 Å². The zero-order valence-corrected chi connectivity index (χ0v) is 9.29. The van der Waals surface area contributed by atoms with E-state index in [2.05, 4.69) is 0 Å². The third-order valence-electron chi connectivity index (χ3n) is 2.08. The number of carbonyl (C=O) groups excluding carboxylic acids is 1. The van der Waals surface area contributed by atoms with Crippen molar-refractivity contribution in [3.8, 4) is 0 Å². The molecule has 0 aliphatic rings. The van der Waals surface area contributed by atoms with Crippen LogP contribution in [0.15, 0.2) is 18.2 Å². The van der Waals surface area contributed by atoms with Crippen LogP contribution >= 0.6 is 11.6 Å². The van der Waals surface area contributed by atoms with Gasteiger partial charge in [0, 0.05) is 0 Å². The van der Waals surface area contributed by atoms with Crippen molar-refractivity contribution in [1.29, 1.82) is 0 Å². The van der Waals surface area contributed by atoms with Crippen molar-refractivity contribution in [3.63, 3.8) is 0 Å². The first-order chi connectivity index (χ1) is 7.41. The molecule has 1 aromatic rings. The van der Waals surface area contributed by atoms with Gasteiger partial charge in [0.2, 0.25) is 0 Å². The predicted octanol–water partition coefficient (Wildman–Crippen LogP) is 2.32. The topological polar surface area (TPSA) is 54.4 Å². The molecule has 0 heterocycles. The molecule has 1 aromatic carbocycles. The summed E-state index contributed by atoms with van der Waals surface area (Å²) in [5.74, 6) is -1.95. The lowest BCUT2D eigenvalue weighted by Gasteiger charge is -2.11. The second kappa shape index (κ2) is 5.07. The van der Waals surface area contributed by atoms with Crippen LogP contribution in [-0.4, -0.2) is 16.9 Å². The number of hydrogen-bond donors (Lipinski definition) is 1. The van der Waals surface area contributed by atoms with Gasteiger partial charge in [-0.1, -0.05) is 6.07 Å². The fraction of sp³-hybridized carbons (Fsp3) is 0.273.